The molecular weight excluding hydrogens is 294 g/mol. The van der Waals surface area contributed by atoms with Crippen molar-refractivity contribution < 1.29 is 8.42 Å². The molecule has 0 bridgehead atoms. The summed E-state index contributed by atoms with van der Waals surface area (Å²) >= 11 is 1.48. The van der Waals surface area contributed by atoms with Crippen LogP contribution >= 0.6 is 11.3 Å². The third kappa shape index (κ3) is 3.43. The van der Waals surface area contributed by atoms with Crippen LogP contribution in [0.25, 0.3) is 0 Å². The SMILES string of the molecule is Cc1ncc(CNS(=O)(=O)c2ccc(C)c(CN)c2)s1. The number of nitrogens with two attached hydrogens (primary N) is 1. The number of aromatic nitrogens is 1. The van der Waals surface area contributed by atoms with E-state index in [2.05, 4.69) is 9.71 Å². The van der Waals surface area contributed by atoms with Gasteiger partial charge >= 0.3 is 0 Å². The summed E-state index contributed by atoms with van der Waals surface area (Å²) in [5, 5.41) is 0.917. The molecule has 20 heavy (non-hydrogen) atoms. The van der Waals surface area contributed by atoms with Crippen molar-refractivity contribution in [2.75, 3.05) is 0 Å². The number of nitrogens with zero attached hydrogens (tertiary/aromatic N) is 1. The lowest BCUT2D eigenvalue weighted by molar-refractivity contribution is 0.581. The van der Waals surface area contributed by atoms with E-state index in [-0.39, 0.29) is 11.4 Å². The van der Waals surface area contributed by atoms with E-state index in [1.54, 1.807) is 24.4 Å². The first-order valence-electron chi connectivity index (χ1n) is 6.13. The fourth-order valence-electron chi connectivity index (χ4n) is 1.77. The fourth-order valence-corrected chi connectivity index (χ4v) is 3.65. The zero-order chi connectivity index (χ0) is 14.8. The van der Waals surface area contributed by atoms with Gasteiger partial charge in [-0.05, 0) is 37.1 Å². The maximum Gasteiger partial charge on any atom is 0.240 e. The van der Waals surface area contributed by atoms with Gasteiger partial charge in [0.05, 0.1) is 9.90 Å². The number of nitrogens with one attached hydrogen (secondary N) is 1. The first-order valence-corrected chi connectivity index (χ1v) is 8.43. The predicted molar refractivity (Wildman–Crippen MR) is 79.9 cm³/mol. The smallest absolute Gasteiger partial charge is 0.240 e. The molecule has 1 aromatic heterocycles. The number of hydrogen-bond acceptors (Lipinski definition) is 5. The second-order valence-corrected chi connectivity index (χ2v) is 7.55. The van der Waals surface area contributed by atoms with E-state index in [0.29, 0.717) is 6.54 Å². The van der Waals surface area contributed by atoms with Crippen LogP contribution in [0.15, 0.2) is 29.3 Å². The number of aryl methyl sites for hydroxylation is 2. The number of hydrogen-bond donors (Lipinski definition) is 2. The predicted octanol–water partition coefficient (Wildman–Crippen LogP) is 1.70. The first-order chi connectivity index (χ1) is 9.42. The molecule has 0 atom stereocenters. The second kappa shape index (κ2) is 6.01. The van der Waals surface area contributed by atoms with Crippen molar-refractivity contribution in [1.29, 1.82) is 0 Å². The summed E-state index contributed by atoms with van der Waals surface area (Å²) in [5.41, 5.74) is 7.43. The van der Waals surface area contributed by atoms with Crippen LogP contribution in [0, 0.1) is 13.8 Å². The Hall–Kier alpha value is -1.28. The third-order valence-electron chi connectivity index (χ3n) is 2.96. The van der Waals surface area contributed by atoms with Gasteiger partial charge in [0.1, 0.15) is 0 Å². The van der Waals surface area contributed by atoms with E-state index in [1.807, 2.05) is 13.8 Å². The molecule has 1 aromatic carbocycles. The van der Waals surface area contributed by atoms with Gasteiger partial charge in [-0.3, -0.25) is 0 Å². The summed E-state index contributed by atoms with van der Waals surface area (Å²) < 4.78 is 27.0. The average Bonchev–Trinajstić information content (AvgIpc) is 2.83. The molecule has 0 amide bonds. The Morgan fingerprint density at radius 1 is 1.35 bits per heavy atom. The van der Waals surface area contributed by atoms with Crippen molar-refractivity contribution in [3.05, 3.63) is 45.4 Å². The molecule has 3 N–H and O–H groups in total. The van der Waals surface area contributed by atoms with Crippen LogP contribution in [0.2, 0.25) is 0 Å². The summed E-state index contributed by atoms with van der Waals surface area (Å²) in [7, 11) is -3.53. The molecule has 2 rings (SSSR count). The molecule has 2 aromatic rings. The second-order valence-electron chi connectivity index (χ2n) is 4.46. The molecule has 0 radical (unpaired) electrons. The quantitative estimate of drug-likeness (QED) is 0.880. The van der Waals surface area contributed by atoms with Crippen molar-refractivity contribution in [2.45, 2.75) is 31.8 Å². The molecule has 108 valence electrons. The Labute approximate surface area is 122 Å². The van der Waals surface area contributed by atoms with Crippen LogP contribution in [0.4, 0.5) is 0 Å². The number of rotatable bonds is 5. The fraction of sp³-hybridized carbons (Fsp3) is 0.308. The lowest BCUT2D eigenvalue weighted by Crippen LogP contribution is -2.23. The maximum absolute atomic E-state index is 12.2. The number of thiazole rings is 1. The van der Waals surface area contributed by atoms with Gasteiger partial charge in [-0.1, -0.05) is 6.07 Å². The van der Waals surface area contributed by atoms with E-state index in [0.717, 1.165) is 21.0 Å². The van der Waals surface area contributed by atoms with Gasteiger partial charge in [0.25, 0.3) is 0 Å². The molecule has 0 unspecified atom stereocenters. The van der Waals surface area contributed by atoms with Crippen LogP contribution < -0.4 is 10.5 Å². The Morgan fingerprint density at radius 3 is 2.70 bits per heavy atom. The minimum Gasteiger partial charge on any atom is -0.326 e. The number of sulfonamides is 1. The van der Waals surface area contributed by atoms with Gasteiger partial charge in [-0.2, -0.15) is 0 Å². The molecular formula is C13H17N3O2S2. The topological polar surface area (TPSA) is 85.1 Å². The third-order valence-corrected chi connectivity index (χ3v) is 5.27. The molecule has 5 nitrogen and oxygen atoms in total. The molecule has 0 aliphatic carbocycles. The lowest BCUT2D eigenvalue weighted by atomic mass is 10.1. The van der Waals surface area contributed by atoms with Crippen LogP contribution in [-0.4, -0.2) is 13.4 Å². The summed E-state index contributed by atoms with van der Waals surface area (Å²) in [6.07, 6.45) is 1.68. The van der Waals surface area contributed by atoms with Crippen LogP contribution in [0.5, 0.6) is 0 Å². The Morgan fingerprint density at radius 2 is 2.10 bits per heavy atom. The van der Waals surface area contributed by atoms with E-state index < -0.39 is 10.0 Å². The zero-order valence-corrected chi connectivity index (χ0v) is 13.0. The minimum absolute atomic E-state index is 0.241. The highest BCUT2D eigenvalue weighted by Gasteiger charge is 2.15. The highest BCUT2D eigenvalue weighted by molar-refractivity contribution is 7.89. The van der Waals surface area contributed by atoms with Gasteiger partial charge in [-0.25, -0.2) is 18.1 Å². The monoisotopic (exact) mass is 311 g/mol. The van der Waals surface area contributed by atoms with Gasteiger partial charge in [0, 0.05) is 24.2 Å². The van der Waals surface area contributed by atoms with E-state index in [4.69, 9.17) is 5.73 Å². The zero-order valence-electron chi connectivity index (χ0n) is 11.4. The summed E-state index contributed by atoms with van der Waals surface area (Å²) in [5.74, 6) is 0. The summed E-state index contributed by atoms with van der Waals surface area (Å²) in [6.45, 7) is 4.37. The molecule has 1 heterocycles. The molecule has 0 fully saturated rings. The summed E-state index contributed by atoms with van der Waals surface area (Å²) in [6, 6.07) is 4.98. The van der Waals surface area contributed by atoms with Crippen LogP contribution in [0.3, 0.4) is 0 Å². The van der Waals surface area contributed by atoms with E-state index in [9.17, 15) is 8.42 Å². The van der Waals surface area contributed by atoms with Crippen molar-refractivity contribution in [1.82, 2.24) is 9.71 Å². The average molecular weight is 311 g/mol. The van der Waals surface area contributed by atoms with Gasteiger partial charge in [0.2, 0.25) is 10.0 Å². The molecule has 0 saturated carbocycles. The highest BCUT2D eigenvalue weighted by Crippen LogP contribution is 2.17. The largest absolute Gasteiger partial charge is 0.326 e. The van der Waals surface area contributed by atoms with Gasteiger partial charge in [0.15, 0.2) is 0 Å². The summed E-state index contributed by atoms with van der Waals surface area (Å²) in [4.78, 5) is 5.22. The van der Waals surface area contributed by atoms with E-state index >= 15 is 0 Å². The molecule has 0 spiro atoms. The maximum atomic E-state index is 12.2. The molecule has 0 saturated heterocycles. The Kier molecular flexibility index (Phi) is 4.54. The number of benzene rings is 1. The highest BCUT2D eigenvalue weighted by atomic mass is 32.2. The minimum atomic E-state index is -3.53. The van der Waals surface area contributed by atoms with Crippen LogP contribution in [0.1, 0.15) is 21.0 Å². The van der Waals surface area contributed by atoms with Gasteiger partial charge in [-0.15, -0.1) is 11.3 Å². The van der Waals surface area contributed by atoms with Gasteiger partial charge < -0.3 is 5.73 Å². The first kappa shape index (κ1) is 15.1. The Bertz CT molecular complexity index is 708. The molecule has 0 aliphatic heterocycles. The van der Waals surface area contributed by atoms with Crippen molar-refractivity contribution in [3.63, 3.8) is 0 Å². The lowest BCUT2D eigenvalue weighted by Gasteiger charge is -2.09. The van der Waals surface area contributed by atoms with Crippen molar-refractivity contribution in [3.8, 4) is 0 Å². The molecule has 0 aliphatic rings. The normalized spacial score (nSPS) is 11.8. The molecule has 7 heteroatoms. The Balaban J connectivity index is 2.17. The van der Waals surface area contributed by atoms with Crippen LogP contribution in [-0.2, 0) is 23.1 Å². The standard InChI is InChI=1S/C13H17N3O2S2/c1-9-3-4-13(5-11(9)6-14)20(17,18)16-8-12-7-15-10(2)19-12/h3-5,7,16H,6,8,14H2,1-2H3. The van der Waals surface area contributed by atoms with Crippen molar-refractivity contribution in [2.24, 2.45) is 5.73 Å². The van der Waals surface area contributed by atoms with Crippen molar-refractivity contribution >= 4 is 21.4 Å². The van der Waals surface area contributed by atoms with E-state index in [1.165, 1.54) is 11.3 Å².